The lowest BCUT2D eigenvalue weighted by molar-refractivity contribution is -0.132. The van der Waals surface area contributed by atoms with Crippen molar-refractivity contribution in [2.45, 2.75) is 26.7 Å². The minimum atomic E-state index is 0.0491. The third-order valence-electron chi connectivity index (χ3n) is 5.05. The largest absolute Gasteiger partial charge is 0.339 e. The molecule has 1 heterocycles. The number of hydrogen-bond acceptors (Lipinski definition) is 2. The first-order chi connectivity index (χ1) is 12.5. The fraction of sp³-hybridized carbons (Fsp3) is 0.364. The van der Waals surface area contributed by atoms with Crippen molar-refractivity contribution >= 4 is 11.8 Å². The van der Waals surface area contributed by atoms with Gasteiger partial charge in [-0.05, 0) is 43.5 Å². The molecule has 0 aromatic heterocycles. The first-order valence-electron chi connectivity index (χ1n) is 9.23. The number of carbonyl (C=O) groups is 2. The Bertz CT molecular complexity index is 778. The van der Waals surface area contributed by atoms with Gasteiger partial charge in [0.1, 0.15) is 0 Å². The van der Waals surface area contributed by atoms with Crippen molar-refractivity contribution in [3.05, 3.63) is 70.8 Å². The molecule has 136 valence electrons. The Labute approximate surface area is 155 Å². The zero-order chi connectivity index (χ0) is 18.5. The molecule has 0 bridgehead atoms. The van der Waals surface area contributed by atoms with Gasteiger partial charge in [-0.15, -0.1) is 0 Å². The van der Waals surface area contributed by atoms with Gasteiger partial charge in [-0.1, -0.05) is 42.0 Å². The molecule has 4 heteroatoms. The van der Waals surface area contributed by atoms with Crippen LogP contribution in [-0.2, 0) is 11.2 Å². The van der Waals surface area contributed by atoms with Gasteiger partial charge in [-0.25, -0.2) is 0 Å². The number of hydrogen-bond donors (Lipinski definition) is 0. The summed E-state index contributed by atoms with van der Waals surface area (Å²) in [7, 11) is 0. The van der Waals surface area contributed by atoms with Gasteiger partial charge in [0.15, 0.2) is 0 Å². The van der Waals surface area contributed by atoms with Gasteiger partial charge in [0.05, 0.1) is 0 Å². The summed E-state index contributed by atoms with van der Waals surface area (Å²) in [5, 5.41) is 0. The third-order valence-corrected chi connectivity index (χ3v) is 5.05. The molecule has 0 radical (unpaired) electrons. The Morgan fingerprint density at radius 1 is 0.885 bits per heavy atom. The highest BCUT2D eigenvalue weighted by atomic mass is 16.2. The number of benzene rings is 2. The molecule has 0 saturated carbocycles. The van der Waals surface area contributed by atoms with Crippen LogP contribution in [0.1, 0.15) is 33.5 Å². The van der Waals surface area contributed by atoms with Crippen molar-refractivity contribution in [1.82, 2.24) is 9.80 Å². The van der Waals surface area contributed by atoms with Crippen LogP contribution in [-0.4, -0.2) is 47.8 Å². The van der Waals surface area contributed by atoms with Crippen LogP contribution in [0.4, 0.5) is 0 Å². The number of nitrogens with zero attached hydrogens (tertiary/aromatic N) is 2. The monoisotopic (exact) mass is 350 g/mol. The van der Waals surface area contributed by atoms with Crippen molar-refractivity contribution in [3.8, 4) is 0 Å². The van der Waals surface area contributed by atoms with E-state index in [4.69, 9.17) is 0 Å². The molecule has 1 aliphatic heterocycles. The predicted molar refractivity (Wildman–Crippen MR) is 103 cm³/mol. The maximum Gasteiger partial charge on any atom is 0.253 e. The smallest absolute Gasteiger partial charge is 0.253 e. The average Bonchev–Trinajstić information content (AvgIpc) is 2.67. The molecule has 26 heavy (non-hydrogen) atoms. The molecule has 4 nitrogen and oxygen atoms in total. The average molecular weight is 350 g/mol. The molecule has 2 amide bonds. The van der Waals surface area contributed by atoms with Gasteiger partial charge >= 0.3 is 0 Å². The van der Waals surface area contributed by atoms with Crippen molar-refractivity contribution in [3.63, 3.8) is 0 Å². The lowest BCUT2D eigenvalue weighted by Crippen LogP contribution is -2.50. The van der Waals surface area contributed by atoms with Crippen LogP contribution in [0.25, 0.3) is 0 Å². The van der Waals surface area contributed by atoms with Gasteiger partial charge in [0.25, 0.3) is 5.91 Å². The molecule has 2 aromatic rings. The molecule has 0 unspecified atom stereocenters. The molecule has 0 spiro atoms. The second kappa shape index (κ2) is 8.17. The molecule has 1 fully saturated rings. The summed E-state index contributed by atoms with van der Waals surface area (Å²) in [6.07, 6.45) is 1.30. The lowest BCUT2D eigenvalue weighted by atomic mass is 10.0. The fourth-order valence-corrected chi connectivity index (χ4v) is 3.45. The van der Waals surface area contributed by atoms with Crippen molar-refractivity contribution in [1.29, 1.82) is 0 Å². The van der Waals surface area contributed by atoms with Crippen molar-refractivity contribution in [2.75, 3.05) is 26.2 Å². The normalized spacial score (nSPS) is 14.4. The SMILES string of the molecule is Cc1ccc(CCC(=O)N2CCN(C(=O)c3ccccc3)CC2)c(C)c1. The van der Waals surface area contributed by atoms with Gasteiger partial charge < -0.3 is 9.80 Å². The van der Waals surface area contributed by atoms with E-state index in [9.17, 15) is 9.59 Å². The Kier molecular flexibility index (Phi) is 5.71. The van der Waals surface area contributed by atoms with E-state index in [1.54, 1.807) is 0 Å². The Balaban J connectivity index is 1.50. The molecule has 1 saturated heterocycles. The summed E-state index contributed by atoms with van der Waals surface area (Å²) in [5.74, 6) is 0.227. The standard InChI is InChI=1S/C22H26N2O2/c1-17-8-9-19(18(2)16-17)10-11-21(25)23-12-14-24(15-13-23)22(26)20-6-4-3-5-7-20/h3-9,16H,10-15H2,1-2H3. The maximum absolute atomic E-state index is 12.5. The number of rotatable bonds is 4. The van der Waals surface area contributed by atoms with Gasteiger partial charge in [0.2, 0.25) is 5.91 Å². The van der Waals surface area contributed by atoms with Crippen LogP contribution >= 0.6 is 0 Å². The molecule has 0 N–H and O–H groups in total. The minimum Gasteiger partial charge on any atom is -0.339 e. The van der Waals surface area contributed by atoms with E-state index in [2.05, 4.69) is 32.0 Å². The second-order valence-corrected chi connectivity index (χ2v) is 6.97. The zero-order valence-electron chi connectivity index (χ0n) is 15.6. The van der Waals surface area contributed by atoms with Crippen LogP contribution in [0.2, 0.25) is 0 Å². The Hall–Kier alpha value is -2.62. The second-order valence-electron chi connectivity index (χ2n) is 6.97. The number of aryl methyl sites for hydroxylation is 3. The van der Waals surface area contributed by atoms with Crippen LogP contribution in [0.15, 0.2) is 48.5 Å². The summed E-state index contributed by atoms with van der Waals surface area (Å²) in [4.78, 5) is 28.7. The lowest BCUT2D eigenvalue weighted by Gasteiger charge is -2.35. The highest BCUT2D eigenvalue weighted by Crippen LogP contribution is 2.14. The summed E-state index contributed by atoms with van der Waals surface area (Å²) in [6, 6.07) is 15.7. The molecule has 1 aliphatic rings. The van der Waals surface area contributed by atoms with E-state index >= 15 is 0 Å². The van der Waals surface area contributed by atoms with Gasteiger partial charge in [0, 0.05) is 38.2 Å². The first-order valence-corrected chi connectivity index (χ1v) is 9.23. The molecular formula is C22H26N2O2. The summed E-state index contributed by atoms with van der Waals surface area (Å²) >= 11 is 0. The van der Waals surface area contributed by atoms with E-state index < -0.39 is 0 Å². The fourth-order valence-electron chi connectivity index (χ4n) is 3.45. The first kappa shape index (κ1) is 18.2. The van der Waals surface area contributed by atoms with Crippen LogP contribution in [0, 0.1) is 13.8 Å². The van der Waals surface area contributed by atoms with Crippen molar-refractivity contribution in [2.24, 2.45) is 0 Å². The van der Waals surface area contributed by atoms with Crippen LogP contribution < -0.4 is 0 Å². The van der Waals surface area contributed by atoms with Crippen molar-refractivity contribution < 1.29 is 9.59 Å². The van der Waals surface area contributed by atoms with E-state index in [0.717, 1.165) is 6.42 Å². The van der Waals surface area contributed by atoms with Gasteiger partial charge in [-0.2, -0.15) is 0 Å². The predicted octanol–water partition coefficient (Wildman–Crippen LogP) is 3.22. The topological polar surface area (TPSA) is 40.6 Å². The molecular weight excluding hydrogens is 324 g/mol. The maximum atomic E-state index is 12.5. The summed E-state index contributed by atoms with van der Waals surface area (Å²) in [6.45, 7) is 6.61. The van der Waals surface area contributed by atoms with E-state index in [0.29, 0.717) is 38.2 Å². The van der Waals surface area contributed by atoms with Gasteiger partial charge in [-0.3, -0.25) is 9.59 Å². The molecule has 0 atom stereocenters. The third kappa shape index (κ3) is 4.31. The number of piperazine rings is 1. The van der Waals surface area contributed by atoms with Crippen LogP contribution in [0.5, 0.6) is 0 Å². The summed E-state index contributed by atoms with van der Waals surface area (Å²) in [5.41, 5.74) is 4.44. The van der Waals surface area contributed by atoms with E-state index in [-0.39, 0.29) is 11.8 Å². The Morgan fingerprint density at radius 3 is 2.19 bits per heavy atom. The van der Waals surface area contributed by atoms with E-state index in [1.807, 2.05) is 40.1 Å². The highest BCUT2D eigenvalue weighted by Gasteiger charge is 2.24. The molecule has 3 rings (SSSR count). The Morgan fingerprint density at radius 2 is 1.54 bits per heavy atom. The summed E-state index contributed by atoms with van der Waals surface area (Å²) < 4.78 is 0. The highest BCUT2D eigenvalue weighted by molar-refractivity contribution is 5.94. The molecule has 2 aromatic carbocycles. The van der Waals surface area contributed by atoms with Crippen LogP contribution in [0.3, 0.4) is 0 Å². The quantitative estimate of drug-likeness (QED) is 0.849. The number of amides is 2. The number of carbonyl (C=O) groups excluding carboxylic acids is 2. The molecule has 0 aliphatic carbocycles. The zero-order valence-corrected chi connectivity index (χ0v) is 15.6. The minimum absolute atomic E-state index is 0.0491. The van der Waals surface area contributed by atoms with E-state index in [1.165, 1.54) is 16.7 Å².